The summed E-state index contributed by atoms with van der Waals surface area (Å²) in [4.78, 5) is 15.6. The van der Waals surface area contributed by atoms with Crippen LogP contribution < -0.4 is 11.1 Å². The minimum Gasteiger partial charge on any atom is -0.444 e. The van der Waals surface area contributed by atoms with Crippen LogP contribution in [0.1, 0.15) is 26.5 Å². The molecule has 1 rings (SSSR count). The number of hydrogen-bond donors (Lipinski definition) is 2. The lowest BCUT2D eigenvalue weighted by atomic mass is 10.1. The van der Waals surface area contributed by atoms with Gasteiger partial charge in [-0.2, -0.15) is 0 Å². The molecular formula is C13H20ClN3O2. The van der Waals surface area contributed by atoms with Crippen LogP contribution in [-0.4, -0.2) is 29.3 Å². The lowest BCUT2D eigenvalue weighted by Gasteiger charge is -2.20. The molecule has 0 aromatic carbocycles. The Morgan fingerprint density at radius 1 is 1.53 bits per heavy atom. The van der Waals surface area contributed by atoms with Gasteiger partial charge in [0.25, 0.3) is 0 Å². The molecule has 0 saturated heterocycles. The van der Waals surface area contributed by atoms with Gasteiger partial charge in [-0.15, -0.1) is 0 Å². The Morgan fingerprint density at radius 2 is 2.21 bits per heavy atom. The third kappa shape index (κ3) is 6.98. The maximum atomic E-state index is 11.4. The van der Waals surface area contributed by atoms with Crippen molar-refractivity contribution in [3.63, 3.8) is 0 Å². The molecule has 5 nitrogen and oxygen atoms in total. The Kier molecular flexibility index (Phi) is 5.57. The van der Waals surface area contributed by atoms with Gasteiger partial charge < -0.3 is 15.8 Å². The summed E-state index contributed by atoms with van der Waals surface area (Å²) in [5, 5.41) is 3.06. The SMILES string of the molecule is CC(C)(C)OC(=O)NCC(N)Cc1cccc(Cl)n1. The maximum Gasteiger partial charge on any atom is 0.407 e. The van der Waals surface area contributed by atoms with Gasteiger partial charge in [-0.1, -0.05) is 17.7 Å². The predicted molar refractivity (Wildman–Crippen MR) is 75.2 cm³/mol. The molecule has 19 heavy (non-hydrogen) atoms. The monoisotopic (exact) mass is 285 g/mol. The van der Waals surface area contributed by atoms with Crippen molar-refractivity contribution in [2.24, 2.45) is 5.73 Å². The zero-order valence-corrected chi connectivity index (χ0v) is 12.2. The van der Waals surface area contributed by atoms with E-state index < -0.39 is 11.7 Å². The zero-order chi connectivity index (χ0) is 14.5. The molecular weight excluding hydrogens is 266 g/mol. The van der Waals surface area contributed by atoms with Crippen molar-refractivity contribution in [1.29, 1.82) is 0 Å². The molecule has 1 atom stereocenters. The van der Waals surface area contributed by atoms with Crippen LogP contribution in [-0.2, 0) is 11.2 Å². The number of carbonyl (C=O) groups is 1. The van der Waals surface area contributed by atoms with Gasteiger partial charge in [-0.05, 0) is 32.9 Å². The second-order valence-corrected chi connectivity index (χ2v) is 5.69. The van der Waals surface area contributed by atoms with E-state index in [2.05, 4.69) is 10.3 Å². The lowest BCUT2D eigenvalue weighted by Crippen LogP contribution is -2.41. The van der Waals surface area contributed by atoms with Crippen LogP contribution in [0.25, 0.3) is 0 Å². The number of alkyl carbamates (subject to hydrolysis) is 1. The van der Waals surface area contributed by atoms with Crippen LogP contribution in [0.3, 0.4) is 0 Å². The number of amides is 1. The van der Waals surface area contributed by atoms with E-state index in [4.69, 9.17) is 22.1 Å². The highest BCUT2D eigenvalue weighted by molar-refractivity contribution is 6.29. The van der Waals surface area contributed by atoms with Gasteiger partial charge in [-0.3, -0.25) is 0 Å². The number of aromatic nitrogens is 1. The molecule has 0 bridgehead atoms. The van der Waals surface area contributed by atoms with Gasteiger partial charge in [0.05, 0.1) is 0 Å². The van der Waals surface area contributed by atoms with Gasteiger partial charge in [-0.25, -0.2) is 9.78 Å². The Hall–Kier alpha value is -1.33. The van der Waals surface area contributed by atoms with Crippen LogP contribution in [0.15, 0.2) is 18.2 Å². The molecule has 0 radical (unpaired) electrons. The first-order chi connectivity index (χ1) is 8.76. The highest BCUT2D eigenvalue weighted by Crippen LogP contribution is 2.07. The molecule has 0 aliphatic rings. The number of nitrogens with zero attached hydrogens (tertiary/aromatic N) is 1. The fourth-order valence-corrected chi connectivity index (χ4v) is 1.61. The average molecular weight is 286 g/mol. The normalized spacial score (nSPS) is 12.9. The standard InChI is InChI=1S/C13H20ClN3O2/c1-13(2,3)19-12(18)16-8-9(15)7-10-5-4-6-11(14)17-10/h4-6,9H,7-8,15H2,1-3H3,(H,16,18). The summed E-state index contributed by atoms with van der Waals surface area (Å²) in [6, 6.07) is 5.13. The van der Waals surface area contributed by atoms with Gasteiger partial charge in [0, 0.05) is 24.7 Å². The van der Waals surface area contributed by atoms with E-state index in [-0.39, 0.29) is 6.04 Å². The number of carbonyl (C=O) groups excluding carboxylic acids is 1. The molecule has 0 aliphatic heterocycles. The number of ether oxygens (including phenoxy) is 1. The summed E-state index contributed by atoms with van der Waals surface area (Å²) in [5.41, 5.74) is 6.20. The van der Waals surface area contributed by atoms with Gasteiger partial charge in [0.1, 0.15) is 10.8 Å². The minimum atomic E-state index is -0.511. The van der Waals surface area contributed by atoms with Crippen molar-refractivity contribution in [3.8, 4) is 0 Å². The molecule has 0 saturated carbocycles. The molecule has 1 amide bonds. The Bertz CT molecular complexity index is 432. The fraction of sp³-hybridized carbons (Fsp3) is 0.538. The third-order valence-corrected chi connectivity index (χ3v) is 2.36. The van der Waals surface area contributed by atoms with E-state index in [9.17, 15) is 4.79 Å². The summed E-state index contributed by atoms with van der Waals surface area (Å²) in [6.07, 6.45) is 0.0677. The second kappa shape index (κ2) is 6.73. The molecule has 3 N–H and O–H groups in total. The van der Waals surface area contributed by atoms with E-state index in [0.29, 0.717) is 18.1 Å². The van der Waals surface area contributed by atoms with Crippen LogP contribution in [0.4, 0.5) is 4.79 Å². The maximum absolute atomic E-state index is 11.4. The predicted octanol–water partition coefficient (Wildman–Crippen LogP) is 2.13. The summed E-state index contributed by atoms with van der Waals surface area (Å²) in [7, 11) is 0. The summed E-state index contributed by atoms with van der Waals surface area (Å²) < 4.78 is 5.12. The quantitative estimate of drug-likeness (QED) is 0.831. The van der Waals surface area contributed by atoms with E-state index in [1.807, 2.05) is 32.9 Å². The highest BCUT2D eigenvalue weighted by Gasteiger charge is 2.16. The summed E-state index contributed by atoms with van der Waals surface area (Å²) in [5.74, 6) is 0. The number of pyridine rings is 1. The molecule has 1 unspecified atom stereocenters. The third-order valence-electron chi connectivity index (χ3n) is 2.15. The zero-order valence-electron chi connectivity index (χ0n) is 11.4. The molecule has 1 aromatic rings. The van der Waals surface area contributed by atoms with Crippen molar-refractivity contribution in [2.45, 2.75) is 38.8 Å². The first-order valence-corrected chi connectivity index (χ1v) is 6.48. The molecule has 1 heterocycles. The molecule has 106 valence electrons. The number of nitrogens with two attached hydrogens (primary N) is 1. The average Bonchev–Trinajstić information content (AvgIpc) is 2.24. The van der Waals surface area contributed by atoms with Crippen molar-refractivity contribution in [1.82, 2.24) is 10.3 Å². The van der Waals surface area contributed by atoms with E-state index in [1.165, 1.54) is 0 Å². The van der Waals surface area contributed by atoms with Crippen molar-refractivity contribution >= 4 is 17.7 Å². The number of nitrogens with one attached hydrogen (secondary N) is 1. The molecule has 0 fully saturated rings. The van der Waals surface area contributed by atoms with Crippen molar-refractivity contribution in [2.75, 3.05) is 6.54 Å². The van der Waals surface area contributed by atoms with Crippen molar-refractivity contribution in [3.05, 3.63) is 29.0 Å². The summed E-state index contributed by atoms with van der Waals surface area (Å²) >= 11 is 5.79. The molecule has 0 aliphatic carbocycles. The largest absolute Gasteiger partial charge is 0.444 e. The van der Waals surface area contributed by atoms with E-state index >= 15 is 0 Å². The smallest absolute Gasteiger partial charge is 0.407 e. The first kappa shape index (κ1) is 15.7. The minimum absolute atomic E-state index is 0.238. The summed E-state index contributed by atoms with van der Waals surface area (Å²) in [6.45, 7) is 5.75. The van der Waals surface area contributed by atoms with E-state index in [0.717, 1.165) is 5.69 Å². The van der Waals surface area contributed by atoms with Gasteiger partial charge in [0.15, 0.2) is 0 Å². The second-order valence-electron chi connectivity index (χ2n) is 5.30. The van der Waals surface area contributed by atoms with Crippen molar-refractivity contribution < 1.29 is 9.53 Å². The number of rotatable bonds is 4. The van der Waals surface area contributed by atoms with Crippen LogP contribution in [0.2, 0.25) is 5.15 Å². The lowest BCUT2D eigenvalue weighted by molar-refractivity contribution is 0.0524. The van der Waals surface area contributed by atoms with Crippen LogP contribution >= 0.6 is 11.6 Å². The van der Waals surface area contributed by atoms with Crippen LogP contribution in [0, 0.1) is 0 Å². The fourth-order valence-electron chi connectivity index (χ4n) is 1.43. The highest BCUT2D eigenvalue weighted by atomic mass is 35.5. The van der Waals surface area contributed by atoms with Crippen LogP contribution in [0.5, 0.6) is 0 Å². The topological polar surface area (TPSA) is 77.2 Å². The molecule has 1 aromatic heterocycles. The Labute approximate surface area is 118 Å². The van der Waals surface area contributed by atoms with Gasteiger partial charge >= 0.3 is 6.09 Å². The first-order valence-electron chi connectivity index (χ1n) is 6.10. The Morgan fingerprint density at radius 3 is 2.79 bits per heavy atom. The van der Waals surface area contributed by atoms with E-state index in [1.54, 1.807) is 6.07 Å². The molecule has 0 spiro atoms. The number of halogens is 1. The molecule has 6 heteroatoms. The number of hydrogen-bond acceptors (Lipinski definition) is 4. The Balaban J connectivity index is 2.36. The van der Waals surface area contributed by atoms with Gasteiger partial charge in [0.2, 0.25) is 0 Å².